The van der Waals surface area contributed by atoms with Crippen LogP contribution in [0, 0.1) is 0 Å². The van der Waals surface area contributed by atoms with Gasteiger partial charge in [-0.3, -0.25) is 13.9 Å². The number of amides is 2. The third-order valence-electron chi connectivity index (χ3n) is 6.41. The maximum atomic E-state index is 14.1. The number of anilines is 1. The fourth-order valence-corrected chi connectivity index (χ4v) is 6.40. The number of sulfonamides is 1. The van der Waals surface area contributed by atoms with Gasteiger partial charge in [-0.05, 0) is 86.0 Å². The zero-order valence-electron chi connectivity index (χ0n) is 23.6. The van der Waals surface area contributed by atoms with Crippen molar-refractivity contribution in [3.05, 3.63) is 86.8 Å². The van der Waals surface area contributed by atoms with Crippen molar-refractivity contribution in [2.24, 2.45) is 0 Å². The number of nitrogens with zero attached hydrogens (tertiary/aromatic N) is 2. The third-order valence-corrected chi connectivity index (χ3v) is 9.31. The fraction of sp³-hybridized carbons (Fsp3) is 0.333. The van der Waals surface area contributed by atoms with Crippen molar-refractivity contribution >= 4 is 66.7 Å². The summed E-state index contributed by atoms with van der Waals surface area (Å²) in [7, 11) is -4.20. The quantitative estimate of drug-likeness (QED) is 0.203. The Morgan fingerprint density at radius 2 is 1.64 bits per heavy atom. The van der Waals surface area contributed by atoms with Crippen molar-refractivity contribution in [1.82, 2.24) is 10.2 Å². The SMILES string of the molecule is CCCNC(=O)[C@@H](CC)N(Cc1ccc(Cl)cc1Cl)C(=O)CN(c1ccc(OCC)cc1)S(=O)(=O)c1ccc(Br)cc1. The van der Waals surface area contributed by atoms with Crippen molar-refractivity contribution < 1.29 is 22.7 Å². The number of rotatable bonds is 14. The number of carbonyl (C=O) groups is 2. The molecule has 1 N–H and O–H groups in total. The molecule has 42 heavy (non-hydrogen) atoms. The molecule has 0 aromatic heterocycles. The molecule has 3 aromatic rings. The highest BCUT2D eigenvalue weighted by Gasteiger charge is 2.34. The number of hydrogen-bond donors (Lipinski definition) is 1. The van der Waals surface area contributed by atoms with Crippen LogP contribution in [0.25, 0.3) is 0 Å². The maximum absolute atomic E-state index is 14.1. The van der Waals surface area contributed by atoms with Gasteiger partial charge in [0.15, 0.2) is 0 Å². The molecule has 0 aliphatic carbocycles. The Bertz CT molecular complexity index is 1470. The molecule has 0 saturated carbocycles. The van der Waals surface area contributed by atoms with E-state index in [4.69, 9.17) is 27.9 Å². The van der Waals surface area contributed by atoms with Crippen molar-refractivity contribution in [3.63, 3.8) is 0 Å². The van der Waals surface area contributed by atoms with Crippen LogP contribution in [0.5, 0.6) is 5.75 Å². The van der Waals surface area contributed by atoms with E-state index >= 15 is 0 Å². The Kier molecular flexibility index (Phi) is 12.5. The normalized spacial score (nSPS) is 12.0. The van der Waals surface area contributed by atoms with E-state index in [1.807, 2.05) is 13.8 Å². The van der Waals surface area contributed by atoms with Crippen LogP contribution in [0.1, 0.15) is 39.2 Å². The lowest BCUT2D eigenvalue weighted by atomic mass is 10.1. The molecule has 0 saturated heterocycles. The molecule has 3 rings (SSSR count). The summed E-state index contributed by atoms with van der Waals surface area (Å²) in [6, 6.07) is 16.6. The summed E-state index contributed by atoms with van der Waals surface area (Å²) >= 11 is 15.9. The summed E-state index contributed by atoms with van der Waals surface area (Å²) in [4.78, 5) is 28.7. The van der Waals surface area contributed by atoms with Crippen LogP contribution in [0.3, 0.4) is 0 Å². The van der Waals surface area contributed by atoms with Gasteiger partial charge in [0.1, 0.15) is 18.3 Å². The lowest BCUT2D eigenvalue weighted by Crippen LogP contribution is -2.52. The topological polar surface area (TPSA) is 96.0 Å². The summed E-state index contributed by atoms with van der Waals surface area (Å²) in [5.41, 5.74) is 0.835. The molecule has 0 fully saturated rings. The highest BCUT2D eigenvalue weighted by atomic mass is 79.9. The van der Waals surface area contributed by atoms with Crippen LogP contribution < -0.4 is 14.4 Å². The van der Waals surface area contributed by atoms with Gasteiger partial charge >= 0.3 is 0 Å². The van der Waals surface area contributed by atoms with E-state index < -0.39 is 28.5 Å². The molecule has 2 amide bonds. The van der Waals surface area contributed by atoms with E-state index in [1.54, 1.807) is 61.5 Å². The van der Waals surface area contributed by atoms with Crippen LogP contribution in [0.2, 0.25) is 10.0 Å². The first-order chi connectivity index (χ1) is 20.0. The Labute approximate surface area is 266 Å². The predicted octanol–water partition coefficient (Wildman–Crippen LogP) is 6.68. The molecule has 0 spiro atoms. The molecule has 1 atom stereocenters. The third kappa shape index (κ3) is 8.63. The lowest BCUT2D eigenvalue weighted by Gasteiger charge is -2.33. The Balaban J connectivity index is 2.07. The zero-order chi connectivity index (χ0) is 30.9. The molecule has 0 radical (unpaired) electrons. The van der Waals surface area contributed by atoms with Crippen molar-refractivity contribution in [1.29, 1.82) is 0 Å². The van der Waals surface area contributed by atoms with Gasteiger partial charge in [-0.2, -0.15) is 0 Å². The number of nitrogens with one attached hydrogen (secondary N) is 1. The molecule has 0 heterocycles. The second-order valence-electron chi connectivity index (χ2n) is 9.36. The van der Waals surface area contributed by atoms with Crippen molar-refractivity contribution in [2.75, 3.05) is 24.0 Å². The van der Waals surface area contributed by atoms with Gasteiger partial charge < -0.3 is 15.0 Å². The van der Waals surface area contributed by atoms with Crippen molar-refractivity contribution in [3.8, 4) is 5.75 Å². The first kappa shape index (κ1) is 33.7. The van der Waals surface area contributed by atoms with Crippen LogP contribution in [-0.2, 0) is 26.2 Å². The minimum absolute atomic E-state index is 0.00686. The molecular weight excluding hydrogens is 665 g/mol. The Morgan fingerprint density at radius 3 is 2.21 bits per heavy atom. The summed E-state index contributed by atoms with van der Waals surface area (Å²) < 4.78 is 35.2. The highest BCUT2D eigenvalue weighted by Crippen LogP contribution is 2.28. The number of halogens is 3. The van der Waals surface area contributed by atoms with Gasteiger partial charge in [-0.1, -0.05) is 59.0 Å². The second kappa shape index (κ2) is 15.6. The average Bonchev–Trinajstić information content (AvgIpc) is 2.96. The second-order valence-corrected chi connectivity index (χ2v) is 13.0. The van der Waals surface area contributed by atoms with E-state index in [2.05, 4.69) is 21.2 Å². The first-order valence-electron chi connectivity index (χ1n) is 13.5. The number of ether oxygens (including phenoxy) is 1. The van der Waals surface area contributed by atoms with E-state index in [-0.39, 0.29) is 23.0 Å². The van der Waals surface area contributed by atoms with Crippen LogP contribution in [0.15, 0.2) is 76.1 Å². The molecule has 8 nitrogen and oxygen atoms in total. The average molecular weight is 699 g/mol. The molecule has 3 aromatic carbocycles. The monoisotopic (exact) mass is 697 g/mol. The largest absolute Gasteiger partial charge is 0.494 e. The Morgan fingerprint density at radius 1 is 0.976 bits per heavy atom. The molecule has 0 aliphatic heterocycles. The predicted molar refractivity (Wildman–Crippen MR) is 171 cm³/mol. The standard InChI is InChI=1S/C30H34BrCl2N3O5S/c1-4-17-34-30(38)28(5-2)35(19-21-7-10-23(32)18-27(21)33)29(37)20-36(24-11-13-25(14-12-24)41-6-3)42(39,40)26-15-8-22(31)9-16-26/h7-16,18,28H,4-6,17,19-20H2,1-3H3,(H,34,38)/t28-/m1/s1. The van der Waals surface area contributed by atoms with Gasteiger partial charge in [-0.25, -0.2) is 8.42 Å². The van der Waals surface area contributed by atoms with Crippen LogP contribution in [-0.4, -0.2) is 50.9 Å². The van der Waals surface area contributed by atoms with Crippen LogP contribution in [0.4, 0.5) is 5.69 Å². The van der Waals surface area contributed by atoms with E-state index in [0.29, 0.717) is 45.4 Å². The van der Waals surface area contributed by atoms with Gasteiger partial charge in [0.2, 0.25) is 11.8 Å². The number of carbonyl (C=O) groups excluding carboxylic acids is 2. The number of benzene rings is 3. The fourth-order valence-electron chi connectivity index (χ4n) is 4.26. The highest BCUT2D eigenvalue weighted by molar-refractivity contribution is 9.10. The summed E-state index contributed by atoms with van der Waals surface area (Å²) in [6.07, 6.45) is 1.02. The molecule has 0 unspecified atom stereocenters. The summed E-state index contributed by atoms with van der Waals surface area (Å²) in [6.45, 7) is 5.87. The summed E-state index contributed by atoms with van der Waals surface area (Å²) in [5, 5.41) is 3.61. The lowest BCUT2D eigenvalue weighted by molar-refractivity contribution is -0.140. The zero-order valence-corrected chi connectivity index (χ0v) is 27.6. The smallest absolute Gasteiger partial charge is 0.264 e. The number of hydrogen-bond acceptors (Lipinski definition) is 5. The van der Waals surface area contributed by atoms with Gasteiger partial charge in [0.25, 0.3) is 10.0 Å². The molecule has 0 aliphatic rings. The van der Waals surface area contributed by atoms with E-state index in [1.165, 1.54) is 17.0 Å². The molecule has 12 heteroatoms. The van der Waals surface area contributed by atoms with Crippen molar-refractivity contribution in [2.45, 2.75) is 51.1 Å². The van der Waals surface area contributed by atoms with Crippen LogP contribution >= 0.6 is 39.1 Å². The maximum Gasteiger partial charge on any atom is 0.264 e. The van der Waals surface area contributed by atoms with Gasteiger partial charge in [-0.15, -0.1) is 0 Å². The van der Waals surface area contributed by atoms with Gasteiger partial charge in [0, 0.05) is 27.6 Å². The van der Waals surface area contributed by atoms with Gasteiger partial charge in [0.05, 0.1) is 17.2 Å². The first-order valence-corrected chi connectivity index (χ1v) is 16.5. The Hall–Kier alpha value is -2.79. The molecular formula is C30H34BrCl2N3O5S. The summed E-state index contributed by atoms with van der Waals surface area (Å²) in [5.74, 6) is -0.346. The minimum Gasteiger partial charge on any atom is -0.494 e. The van der Waals surface area contributed by atoms with E-state index in [9.17, 15) is 18.0 Å². The minimum atomic E-state index is -4.20. The molecule has 0 bridgehead atoms. The molecule has 226 valence electrons. The van der Waals surface area contributed by atoms with E-state index in [0.717, 1.165) is 10.7 Å².